The van der Waals surface area contributed by atoms with Gasteiger partial charge >= 0.3 is 12.0 Å². The fourth-order valence-corrected chi connectivity index (χ4v) is 2.12. The maximum Gasteiger partial charge on any atom is 0.319 e. The summed E-state index contributed by atoms with van der Waals surface area (Å²) in [5.74, 6) is -1.43. The molecule has 0 aliphatic heterocycles. The van der Waals surface area contributed by atoms with Gasteiger partial charge in [-0.15, -0.1) is 0 Å². The number of anilines is 1. The average molecular weight is 343 g/mol. The van der Waals surface area contributed by atoms with E-state index in [-0.39, 0.29) is 6.54 Å². The minimum Gasteiger partial charge on any atom is -0.481 e. The number of hydrogen-bond donors (Lipinski definition) is 3. The monoisotopic (exact) mass is 342 g/mol. The number of carbonyl (C=O) groups excluding carboxylic acids is 1. The van der Waals surface area contributed by atoms with Crippen LogP contribution in [0.2, 0.25) is 0 Å². The van der Waals surface area contributed by atoms with Gasteiger partial charge in [0.2, 0.25) is 0 Å². The van der Waals surface area contributed by atoms with Gasteiger partial charge in [0.15, 0.2) is 0 Å². The molecule has 0 saturated heterocycles. The van der Waals surface area contributed by atoms with Crippen molar-refractivity contribution in [1.82, 2.24) is 5.32 Å². The van der Waals surface area contributed by atoms with E-state index in [0.717, 1.165) is 16.5 Å². The number of rotatable bonds is 6. The summed E-state index contributed by atoms with van der Waals surface area (Å²) in [5.41, 5.74) is 1.68. The Morgan fingerprint density at radius 3 is 2.70 bits per heavy atom. The lowest BCUT2D eigenvalue weighted by molar-refractivity contribution is -0.141. The van der Waals surface area contributed by atoms with Crippen molar-refractivity contribution in [3.8, 4) is 0 Å². The molecule has 0 radical (unpaired) electrons. The number of hydrogen-bond acceptors (Lipinski definition) is 2. The van der Waals surface area contributed by atoms with Crippen LogP contribution >= 0.6 is 15.9 Å². The number of urea groups is 1. The molecule has 5 nitrogen and oxygen atoms in total. The van der Waals surface area contributed by atoms with E-state index in [4.69, 9.17) is 5.11 Å². The van der Waals surface area contributed by atoms with Crippen molar-refractivity contribution in [2.45, 2.75) is 26.7 Å². The van der Waals surface area contributed by atoms with Crippen LogP contribution < -0.4 is 10.6 Å². The molecule has 0 heterocycles. The first-order chi connectivity index (χ1) is 9.43. The number of amides is 2. The van der Waals surface area contributed by atoms with Crippen LogP contribution in [0.1, 0.15) is 25.3 Å². The van der Waals surface area contributed by atoms with Gasteiger partial charge in [-0.1, -0.05) is 19.4 Å². The Morgan fingerprint density at radius 1 is 1.40 bits per heavy atom. The SMILES string of the molecule is CCCC(CNC(=O)Nc1cc(C)ccc1Br)C(=O)O. The van der Waals surface area contributed by atoms with E-state index in [9.17, 15) is 9.59 Å². The predicted molar refractivity (Wildman–Crippen MR) is 81.9 cm³/mol. The van der Waals surface area contributed by atoms with Gasteiger partial charge in [-0.3, -0.25) is 4.79 Å². The third-order valence-corrected chi connectivity index (χ3v) is 3.56. The Morgan fingerprint density at radius 2 is 2.10 bits per heavy atom. The Hall–Kier alpha value is -1.56. The van der Waals surface area contributed by atoms with Gasteiger partial charge in [0, 0.05) is 11.0 Å². The van der Waals surface area contributed by atoms with Crippen molar-refractivity contribution in [3.63, 3.8) is 0 Å². The fraction of sp³-hybridized carbons (Fsp3) is 0.429. The lowest BCUT2D eigenvalue weighted by Gasteiger charge is -2.14. The molecule has 0 spiro atoms. The fourth-order valence-electron chi connectivity index (χ4n) is 1.78. The van der Waals surface area contributed by atoms with Crippen molar-refractivity contribution < 1.29 is 14.7 Å². The predicted octanol–water partition coefficient (Wildman–Crippen LogP) is 3.38. The number of halogens is 1. The van der Waals surface area contributed by atoms with Crippen molar-refractivity contribution in [1.29, 1.82) is 0 Å². The zero-order valence-corrected chi connectivity index (χ0v) is 13.2. The molecule has 0 bridgehead atoms. The third kappa shape index (κ3) is 5.21. The van der Waals surface area contributed by atoms with E-state index in [1.807, 2.05) is 32.0 Å². The van der Waals surface area contributed by atoms with E-state index >= 15 is 0 Å². The number of aryl methyl sites for hydroxylation is 1. The van der Waals surface area contributed by atoms with Crippen LogP contribution in [0, 0.1) is 12.8 Å². The second-order valence-corrected chi connectivity index (χ2v) is 5.50. The second kappa shape index (κ2) is 7.89. The van der Waals surface area contributed by atoms with Gasteiger partial charge in [-0.05, 0) is 47.0 Å². The topological polar surface area (TPSA) is 78.4 Å². The van der Waals surface area contributed by atoms with Crippen LogP contribution in [-0.4, -0.2) is 23.7 Å². The minimum atomic E-state index is -0.885. The van der Waals surface area contributed by atoms with Crippen LogP contribution in [0.15, 0.2) is 22.7 Å². The number of carboxylic acids is 1. The molecule has 0 aliphatic rings. The van der Waals surface area contributed by atoms with Crippen LogP contribution in [-0.2, 0) is 4.79 Å². The van der Waals surface area contributed by atoms with Gasteiger partial charge in [-0.2, -0.15) is 0 Å². The molecule has 110 valence electrons. The van der Waals surface area contributed by atoms with Crippen molar-refractivity contribution >= 4 is 33.6 Å². The Kier molecular flexibility index (Phi) is 6.51. The van der Waals surface area contributed by atoms with Gasteiger partial charge in [0.1, 0.15) is 0 Å². The zero-order chi connectivity index (χ0) is 15.1. The number of benzene rings is 1. The molecule has 1 aromatic rings. The highest BCUT2D eigenvalue weighted by Crippen LogP contribution is 2.23. The summed E-state index contributed by atoms with van der Waals surface area (Å²) in [6.45, 7) is 3.97. The molecule has 2 amide bonds. The molecule has 3 N–H and O–H groups in total. The second-order valence-electron chi connectivity index (χ2n) is 4.64. The zero-order valence-electron chi connectivity index (χ0n) is 11.6. The highest BCUT2D eigenvalue weighted by molar-refractivity contribution is 9.10. The highest BCUT2D eigenvalue weighted by atomic mass is 79.9. The van der Waals surface area contributed by atoms with E-state index in [1.165, 1.54) is 0 Å². The van der Waals surface area contributed by atoms with Crippen LogP contribution in [0.4, 0.5) is 10.5 Å². The summed E-state index contributed by atoms with van der Waals surface area (Å²) in [5, 5.41) is 14.3. The molecule has 0 fully saturated rings. The van der Waals surface area contributed by atoms with Gasteiger partial charge < -0.3 is 15.7 Å². The molecule has 0 saturated carbocycles. The van der Waals surface area contributed by atoms with E-state index in [2.05, 4.69) is 26.6 Å². The maximum atomic E-state index is 11.8. The molecule has 1 aromatic carbocycles. The van der Waals surface area contributed by atoms with Crippen LogP contribution in [0.3, 0.4) is 0 Å². The first kappa shape index (κ1) is 16.5. The van der Waals surface area contributed by atoms with Crippen molar-refractivity contribution in [2.24, 2.45) is 5.92 Å². The third-order valence-electron chi connectivity index (χ3n) is 2.87. The summed E-state index contributed by atoms with van der Waals surface area (Å²) in [6, 6.07) is 5.21. The van der Waals surface area contributed by atoms with Crippen LogP contribution in [0.25, 0.3) is 0 Å². The Balaban J connectivity index is 2.55. The lowest BCUT2D eigenvalue weighted by Crippen LogP contribution is -2.35. The number of nitrogens with one attached hydrogen (secondary N) is 2. The average Bonchev–Trinajstić information content (AvgIpc) is 2.38. The largest absolute Gasteiger partial charge is 0.481 e. The smallest absolute Gasteiger partial charge is 0.319 e. The molecule has 0 aliphatic carbocycles. The summed E-state index contributed by atoms with van der Waals surface area (Å²) in [4.78, 5) is 22.8. The summed E-state index contributed by atoms with van der Waals surface area (Å²) in [6.07, 6.45) is 1.31. The Labute approximate surface area is 126 Å². The standard InChI is InChI=1S/C14H19BrN2O3/c1-3-4-10(13(18)19)8-16-14(20)17-12-7-9(2)5-6-11(12)15/h5-7,10H,3-4,8H2,1-2H3,(H,18,19)(H2,16,17,20). The quantitative estimate of drug-likeness (QED) is 0.741. The molecule has 1 rings (SSSR count). The highest BCUT2D eigenvalue weighted by Gasteiger charge is 2.17. The summed E-state index contributed by atoms with van der Waals surface area (Å²) < 4.78 is 0.779. The van der Waals surface area contributed by atoms with Gasteiger partial charge in [-0.25, -0.2) is 4.79 Å². The summed E-state index contributed by atoms with van der Waals surface area (Å²) >= 11 is 3.35. The first-order valence-corrected chi connectivity index (χ1v) is 7.27. The van der Waals surface area contributed by atoms with E-state index < -0.39 is 17.9 Å². The number of aliphatic carboxylic acids is 1. The van der Waals surface area contributed by atoms with Crippen molar-refractivity contribution in [2.75, 3.05) is 11.9 Å². The maximum absolute atomic E-state index is 11.8. The molecular formula is C14H19BrN2O3. The van der Waals surface area contributed by atoms with Crippen molar-refractivity contribution in [3.05, 3.63) is 28.2 Å². The minimum absolute atomic E-state index is 0.123. The van der Waals surface area contributed by atoms with Gasteiger partial charge in [0.05, 0.1) is 11.6 Å². The first-order valence-electron chi connectivity index (χ1n) is 6.47. The Bertz CT molecular complexity index is 491. The number of carboxylic acid groups (broad SMARTS) is 1. The molecule has 6 heteroatoms. The van der Waals surface area contributed by atoms with Crippen LogP contribution in [0.5, 0.6) is 0 Å². The molecule has 20 heavy (non-hydrogen) atoms. The molecule has 1 atom stereocenters. The normalized spacial score (nSPS) is 11.8. The lowest BCUT2D eigenvalue weighted by atomic mass is 10.0. The molecule has 0 aromatic heterocycles. The number of carbonyl (C=O) groups is 2. The van der Waals surface area contributed by atoms with E-state index in [1.54, 1.807) is 0 Å². The van der Waals surface area contributed by atoms with Gasteiger partial charge in [0.25, 0.3) is 0 Å². The molecular weight excluding hydrogens is 324 g/mol. The molecule has 1 unspecified atom stereocenters. The summed E-state index contributed by atoms with van der Waals surface area (Å²) in [7, 11) is 0. The van der Waals surface area contributed by atoms with E-state index in [0.29, 0.717) is 12.1 Å².